The fourth-order valence-corrected chi connectivity index (χ4v) is 1.89. The second-order valence-corrected chi connectivity index (χ2v) is 5.21. The second-order valence-electron chi connectivity index (χ2n) is 5.21. The highest BCUT2D eigenvalue weighted by molar-refractivity contribution is 5.69. The summed E-state index contributed by atoms with van der Waals surface area (Å²) in [7, 11) is 1.40. The number of nitrogens with two attached hydrogens (primary N) is 1. The molecule has 0 heterocycles. The van der Waals surface area contributed by atoms with E-state index < -0.39 is 0 Å². The van der Waals surface area contributed by atoms with Gasteiger partial charge in [-0.1, -0.05) is 40.0 Å². The molecular formula is C13H27NO2. The van der Waals surface area contributed by atoms with Gasteiger partial charge in [0, 0.05) is 6.04 Å². The molecule has 0 spiro atoms. The molecule has 0 aliphatic carbocycles. The summed E-state index contributed by atoms with van der Waals surface area (Å²) in [4.78, 5) is 11.0. The fourth-order valence-electron chi connectivity index (χ4n) is 1.89. The Morgan fingerprint density at radius 3 is 2.38 bits per heavy atom. The first kappa shape index (κ1) is 15.4. The summed E-state index contributed by atoms with van der Waals surface area (Å²) in [5.74, 6) is 1.16. The van der Waals surface area contributed by atoms with Crippen LogP contribution in [-0.4, -0.2) is 19.1 Å². The summed E-state index contributed by atoms with van der Waals surface area (Å²) >= 11 is 0. The number of ether oxygens (including phenoxy) is 1. The predicted molar refractivity (Wildman–Crippen MR) is 67.1 cm³/mol. The third-order valence-corrected chi connectivity index (χ3v) is 2.84. The number of carbonyl (C=O) groups excluding carboxylic acids is 1. The zero-order valence-corrected chi connectivity index (χ0v) is 11.2. The van der Waals surface area contributed by atoms with Crippen LogP contribution in [0.25, 0.3) is 0 Å². The van der Waals surface area contributed by atoms with Crippen molar-refractivity contribution in [1.29, 1.82) is 0 Å². The maximum absolute atomic E-state index is 11.0. The van der Waals surface area contributed by atoms with Gasteiger partial charge in [-0.25, -0.2) is 0 Å². The Bertz CT molecular complexity index is 192. The number of esters is 1. The van der Waals surface area contributed by atoms with Crippen molar-refractivity contribution in [3.63, 3.8) is 0 Å². The van der Waals surface area contributed by atoms with E-state index in [1.807, 2.05) is 0 Å². The van der Waals surface area contributed by atoms with Crippen molar-refractivity contribution in [2.24, 2.45) is 17.6 Å². The summed E-state index contributed by atoms with van der Waals surface area (Å²) in [5, 5.41) is 0. The number of hydrogen-bond acceptors (Lipinski definition) is 3. The zero-order chi connectivity index (χ0) is 12.6. The second kappa shape index (κ2) is 8.57. The van der Waals surface area contributed by atoms with Crippen molar-refractivity contribution < 1.29 is 9.53 Å². The van der Waals surface area contributed by atoms with E-state index in [2.05, 4.69) is 25.5 Å². The molecule has 0 amide bonds. The Labute approximate surface area is 99.7 Å². The van der Waals surface area contributed by atoms with E-state index in [1.165, 1.54) is 26.4 Å². The smallest absolute Gasteiger partial charge is 0.307 e. The molecule has 0 fully saturated rings. The molecule has 0 saturated heterocycles. The molecule has 0 bridgehead atoms. The lowest BCUT2D eigenvalue weighted by Crippen LogP contribution is -2.26. The molecule has 0 aliphatic rings. The molecule has 2 unspecified atom stereocenters. The van der Waals surface area contributed by atoms with Crippen LogP contribution in [0.4, 0.5) is 0 Å². The maximum atomic E-state index is 11.0. The number of carbonyl (C=O) groups is 1. The molecule has 0 aromatic rings. The van der Waals surface area contributed by atoms with Crippen LogP contribution < -0.4 is 5.73 Å². The van der Waals surface area contributed by atoms with E-state index in [-0.39, 0.29) is 12.0 Å². The maximum Gasteiger partial charge on any atom is 0.307 e. The van der Waals surface area contributed by atoms with Crippen LogP contribution in [0.5, 0.6) is 0 Å². The summed E-state index contributed by atoms with van der Waals surface area (Å²) in [6.45, 7) is 6.69. The third-order valence-electron chi connectivity index (χ3n) is 2.84. The quantitative estimate of drug-likeness (QED) is 0.651. The van der Waals surface area contributed by atoms with E-state index in [0.29, 0.717) is 12.3 Å². The highest BCUT2D eigenvalue weighted by Gasteiger charge is 2.13. The number of methoxy groups -OCH3 is 1. The zero-order valence-electron chi connectivity index (χ0n) is 11.2. The van der Waals surface area contributed by atoms with Gasteiger partial charge in [0.15, 0.2) is 0 Å². The monoisotopic (exact) mass is 229 g/mol. The van der Waals surface area contributed by atoms with Gasteiger partial charge in [0.1, 0.15) is 0 Å². The highest BCUT2D eigenvalue weighted by Crippen LogP contribution is 2.17. The minimum Gasteiger partial charge on any atom is -0.469 e. The van der Waals surface area contributed by atoms with Crippen LogP contribution in [0, 0.1) is 11.8 Å². The summed E-state index contributed by atoms with van der Waals surface area (Å²) in [6.07, 6.45) is 4.98. The standard InChI is InChI=1S/C13H27NO2/c1-10(2)6-5-7-11(3)8-12(14)9-13(15)16-4/h10-12H,5-9,14H2,1-4H3. The van der Waals surface area contributed by atoms with Crippen molar-refractivity contribution in [2.45, 2.75) is 58.9 Å². The van der Waals surface area contributed by atoms with Gasteiger partial charge >= 0.3 is 5.97 Å². The number of hydrogen-bond donors (Lipinski definition) is 1. The lowest BCUT2D eigenvalue weighted by molar-refractivity contribution is -0.141. The Balaban J connectivity index is 3.61. The van der Waals surface area contributed by atoms with Gasteiger partial charge in [0.25, 0.3) is 0 Å². The Kier molecular flexibility index (Phi) is 8.26. The normalized spacial score (nSPS) is 14.9. The summed E-state index contributed by atoms with van der Waals surface area (Å²) < 4.78 is 4.60. The molecule has 16 heavy (non-hydrogen) atoms. The molecule has 3 nitrogen and oxygen atoms in total. The Hall–Kier alpha value is -0.570. The van der Waals surface area contributed by atoms with E-state index in [0.717, 1.165) is 12.3 Å². The van der Waals surface area contributed by atoms with Gasteiger partial charge in [0.05, 0.1) is 13.5 Å². The minimum absolute atomic E-state index is 0.0542. The largest absolute Gasteiger partial charge is 0.469 e. The SMILES string of the molecule is COC(=O)CC(N)CC(C)CCCC(C)C. The van der Waals surface area contributed by atoms with Crippen LogP contribution in [-0.2, 0) is 9.53 Å². The lowest BCUT2D eigenvalue weighted by Gasteiger charge is -2.16. The van der Waals surface area contributed by atoms with Crippen LogP contribution in [0.15, 0.2) is 0 Å². The predicted octanol–water partition coefficient (Wildman–Crippen LogP) is 2.73. The topological polar surface area (TPSA) is 52.3 Å². The molecule has 0 saturated carbocycles. The van der Waals surface area contributed by atoms with Gasteiger partial charge in [-0.3, -0.25) is 4.79 Å². The van der Waals surface area contributed by atoms with E-state index in [4.69, 9.17) is 5.73 Å². The van der Waals surface area contributed by atoms with Gasteiger partial charge in [-0.05, 0) is 18.3 Å². The first-order valence-electron chi connectivity index (χ1n) is 6.28. The molecule has 0 aromatic carbocycles. The third kappa shape index (κ3) is 8.72. The van der Waals surface area contributed by atoms with Gasteiger partial charge < -0.3 is 10.5 Å². The van der Waals surface area contributed by atoms with Gasteiger partial charge in [0.2, 0.25) is 0 Å². The Morgan fingerprint density at radius 1 is 1.25 bits per heavy atom. The van der Waals surface area contributed by atoms with Crippen molar-refractivity contribution in [1.82, 2.24) is 0 Å². The van der Waals surface area contributed by atoms with Gasteiger partial charge in [-0.15, -0.1) is 0 Å². The van der Waals surface area contributed by atoms with Gasteiger partial charge in [-0.2, -0.15) is 0 Å². The van der Waals surface area contributed by atoms with Crippen molar-refractivity contribution in [3.8, 4) is 0 Å². The molecular weight excluding hydrogens is 202 g/mol. The van der Waals surface area contributed by atoms with Crippen molar-refractivity contribution in [3.05, 3.63) is 0 Å². The molecule has 2 atom stereocenters. The van der Waals surface area contributed by atoms with Crippen LogP contribution in [0.3, 0.4) is 0 Å². The van der Waals surface area contributed by atoms with E-state index >= 15 is 0 Å². The van der Waals surface area contributed by atoms with Crippen LogP contribution in [0.1, 0.15) is 52.9 Å². The molecule has 0 rings (SSSR count). The van der Waals surface area contributed by atoms with Crippen LogP contribution in [0.2, 0.25) is 0 Å². The summed E-state index contributed by atoms with van der Waals surface area (Å²) in [6, 6.07) is -0.0542. The van der Waals surface area contributed by atoms with E-state index in [1.54, 1.807) is 0 Å². The molecule has 0 aliphatic heterocycles. The average molecular weight is 229 g/mol. The lowest BCUT2D eigenvalue weighted by atomic mass is 9.93. The van der Waals surface area contributed by atoms with E-state index in [9.17, 15) is 4.79 Å². The molecule has 0 aromatic heterocycles. The first-order valence-corrected chi connectivity index (χ1v) is 6.28. The first-order chi connectivity index (χ1) is 7.45. The molecule has 96 valence electrons. The fraction of sp³-hybridized carbons (Fsp3) is 0.923. The average Bonchev–Trinajstić information content (AvgIpc) is 2.16. The molecule has 0 radical (unpaired) electrons. The van der Waals surface area contributed by atoms with Crippen LogP contribution >= 0.6 is 0 Å². The molecule has 2 N–H and O–H groups in total. The van der Waals surface area contributed by atoms with Crippen molar-refractivity contribution in [2.75, 3.05) is 7.11 Å². The highest BCUT2D eigenvalue weighted by atomic mass is 16.5. The summed E-state index contributed by atoms with van der Waals surface area (Å²) in [5.41, 5.74) is 5.88. The van der Waals surface area contributed by atoms with Crippen molar-refractivity contribution >= 4 is 5.97 Å². The number of rotatable bonds is 8. The Morgan fingerprint density at radius 2 is 1.88 bits per heavy atom. The molecule has 3 heteroatoms. The minimum atomic E-state index is -0.207.